The van der Waals surface area contributed by atoms with Crippen molar-refractivity contribution < 1.29 is 13.3 Å². The highest BCUT2D eigenvalue weighted by Crippen LogP contribution is 2.40. The summed E-state index contributed by atoms with van der Waals surface area (Å²) in [5.41, 5.74) is 1.82. The lowest BCUT2D eigenvalue weighted by molar-refractivity contribution is -0.383. The van der Waals surface area contributed by atoms with Crippen molar-refractivity contribution in [1.29, 1.82) is 0 Å². The Morgan fingerprint density at radius 1 is 1.32 bits per heavy atom. The number of nitrogens with one attached hydrogen (secondary N) is 1. The summed E-state index contributed by atoms with van der Waals surface area (Å²) in [7, 11) is -3.50. The fourth-order valence-corrected chi connectivity index (χ4v) is 4.78. The van der Waals surface area contributed by atoms with Gasteiger partial charge in [-0.1, -0.05) is 29.5 Å². The zero-order chi connectivity index (χ0) is 18.2. The number of hydrogen-bond acceptors (Lipinski definition) is 6. The molecule has 132 valence electrons. The van der Waals surface area contributed by atoms with Crippen LogP contribution in [0.5, 0.6) is 0 Å². The van der Waals surface area contributed by atoms with Crippen molar-refractivity contribution in [3.05, 3.63) is 52.2 Å². The summed E-state index contributed by atoms with van der Waals surface area (Å²) in [6.45, 7) is 2.85. The van der Waals surface area contributed by atoms with Gasteiger partial charge in [-0.2, -0.15) is 0 Å². The van der Waals surface area contributed by atoms with Crippen molar-refractivity contribution in [2.75, 3.05) is 17.7 Å². The highest BCUT2D eigenvalue weighted by Gasteiger charge is 2.27. The van der Waals surface area contributed by atoms with Gasteiger partial charge in [0.25, 0.3) is 0 Å². The molecule has 0 fully saturated rings. The molecule has 25 heavy (non-hydrogen) atoms. The van der Waals surface area contributed by atoms with Gasteiger partial charge in [0.2, 0.25) is 0 Å². The number of benzene rings is 1. The smallest absolute Gasteiger partial charge is 0.305 e. The van der Waals surface area contributed by atoms with Crippen LogP contribution >= 0.6 is 11.3 Å². The number of thiophene rings is 1. The van der Waals surface area contributed by atoms with Gasteiger partial charge < -0.3 is 9.88 Å². The highest BCUT2D eigenvalue weighted by atomic mass is 32.2. The van der Waals surface area contributed by atoms with Gasteiger partial charge in [0.05, 0.1) is 4.92 Å². The van der Waals surface area contributed by atoms with Crippen LogP contribution in [0.4, 0.5) is 10.7 Å². The SMILES string of the molecule is CCN(Cc1c[nH]c2ccccc12)c1sc(S(C)(=O)=O)cc1[N+](=O)[O-]. The molecule has 0 radical (unpaired) electrons. The summed E-state index contributed by atoms with van der Waals surface area (Å²) >= 11 is 0.941. The molecule has 0 aliphatic heterocycles. The summed E-state index contributed by atoms with van der Waals surface area (Å²) in [6, 6.07) is 8.96. The summed E-state index contributed by atoms with van der Waals surface area (Å²) in [4.78, 5) is 15.9. The maximum Gasteiger partial charge on any atom is 0.305 e. The van der Waals surface area contributed by atoms with Gasteiger partial charge in [-0.05, 0) is 18.6 Å². The van der Waals surface area contributed by atoms with E-state index in [2.05, 4.69) is 4.98 Å². The monoisotopic (exact) mass is 379 g/mol. The van der Waals surface area contributed by atoms with E-state index in [9.17, 15) is 18.5 Å². The van der Waals surface area contributed by atoms with E-state index in [1.54, 1.807) is 0 Å². The Morgan fingerprint density at radius 2 is 2.04 bits per heavy atom. The van der Waals surface area contributed by atoms with Gasteiger partial charge in [-0.25, -0.2) is 8.42 Å². The van der Waals surface area contributed by atoms with Crippen molar-refractivity contribution in [3.63, 3.8) is 0 Å². The largest absolute Gasteiger partial charge is 0.361 e. The standard InChI is InChI=1S/C16H17N3O4S2/c1-3-18(10-11-9-17-13-7-5-4-6-12(11)13)16-14(19(20)21)8-15(24-16)25(2,22)23/h4-9,17H,3,10H2,1-2H3. The van der Waals surface area contributed by atoms with Gasteiger partial charge in [-0.15, -0.1) is 0 Å². The van der Waals surface area contributed by atoms with E-state index in [0.717, 1.165) is 40.1 Å². The van der Waals surface area contributed by atoms with Gasteiger partial charge >= 0.3 is 5.69 Å². The molecule has 0 saturated heterocycles. The molecule has 2 aromatic heterocycles. The summed E-state index contributed by atoms with van der Waals surface area (Å²) in [5, 5.41) is 12.8. The number of para-hydroxylation sites is 1. The Morgan fingerprint density at radius 3 is 2.68 bits per heavy atom. The minimum Gasteiger partial charge on any atom is -0.361 e. The van der Waals surface area contributed by atoms with Gasteiger partial charge in [-0.3, -0.25) is 10.1 Å². The number of aromatic amines is 1. The summed E-state index contributed by atoms with van der Waals surface area (Å²) < 4.78 is 23.6. The molecule has 3 rings (SSSR count). The van der Waals surface area contributed by atoms with E-state index in [1.165, 1.54) is 0 Å². The number of aromatic nitrogens is 1. The van der Waals surface area contributed by atoms with Crippen molar-refractivity contribution in [1.82, 2.24) is 4.98 Å². The molecule has 0 unspecified atom stereocenters. The second kappa shape index (κ2) is 6.49. The topological polar surface area (TPSA) is 96.3 Å². The van der Waals surface area contributed by atoms with Crippen LogP contribution in [0.3, 0.4) is 0 Å². The Bertz CT molecular complexity index is 1040. The third kappa shape index (κ3) is 3.38. The lowest BCUT2D eigenvalue weighted by Gasteiger charge is -2.20. The van der Waals surface area contributed by atoms with E-state index >= 15 is 0 Å². The van der Waals surface area contributed by atoms with E-state index < -0.39 is 14.8 Å². The van der Waals surface area contributed by atoms with E-state index in [1.807, 2.05) is 42.3 Å². The van der Waals surface area contributed by atoms with Crippen molar-refractivity contribution in [3.8, 4) is 0 Å². The zero-order valence-corrected chi connectivity index (χ0v) is 15.4. The lowest BCUT2D eigenvalue weighted by atomic mass is 10.1. The molecule has 7 nitrogen and oxygen atoms in total. The van der Waals surface area contributed by atoms with Crippen LogP contribution in [0.2, 0.25) is 0 Å². The molecule has 0 bridgehead atoms. The van der Waals surface area contributed by atoms with Gasteiger partial charge in [0.15, 0.2) is 14.8 Å². The molecular weight excluding hydrogens is 362 g/mol. The van der Waals surface area contributed by atoms with Crippen LogP contribution < -0.4 is 4.90 Å². The Balaban J connectivity index is 2.03. The molecule has 0 aliphatic rings. The maximum absolute atomic E-state index is 11.8. The number of rotatable bonds is 6. The third-order valence-electron chi connectivity index (χ3n) is 3.94. The first-order chi connectivity index (χ1) is 11.8. The first kappa shape index (κ1) is 17.4. The first-order valence-electron chi connectivity index (χ1n) is 7.59. The maximum atomic E-state index is 11.8. The third-order valence-corrected chi connectivity index (χ3v) is 6.92. The molecule has 3 aromatic rings. The predicted molar refractivity (Wildman–Crippen MR) is 99.1 cm³/mol. The molecule has 0 aliphatic carbocycles. The van der Waals surface area contributed by atoms with E-state index in [-0.39, 0.29) is 9.90 Å². The second-order valence-corrected chi connectivity index (χ2v) is 8.93. The Labute approximate surface area is 149 Å². The van der Waals surface area contributed by atoms with Crippen LogP contribution in [-0.2, 0) is 16.4 Å². The molecule has 0 atom stereocenters. The van der Waals surface area contributed by atoms with Gasteiger partial charge in [0, 0.05) is 42.5 Å². The number of H-pyrrole nitrogens is 1. The van der Waals surface area contributed by atoms with E-state index in [4.69, 9.17) is 0 Å². The Kier molecular flexibility index (Phi) is 4.53. The van der Waals surface area contributed by atoms with Crippen LogP contribution in [0, 0.1) is 10.1 Å². The molecular formula is C16H17N3O4S2. The number of fused-ring (bicyclic) bond motifs is 1. The quantitative estimate of drug-likeness (QED) is 0.522. The highest BCUT2D eigenvalue weighted by molar-refractivity contribution is 7.92. The van der Waals surface area contributed by atoms with Crippen LogP contribution in [0.15, 0.2) is 40.7 Å². The summed E-state index contributed by atoms with van der Waals surface area (Å²) in [5.74, 6) is 0. The molecule has 0 amide bonds. The average Bonchev–Trinajstić information content (AvgIpc) is 3.17. The molecule has 1 aromatic carbocycles. The fourth-order valence-electron chi connectivity index (χ4n) is 2.69. The van der Waals surface area contributed by atoms with Crippen LogP contribution in [0.25, 0.3) is 10.9 Å². The first-order valence-corrected chi connectivity index (χ1v) is 10.3. The van der Waals surface area contributed by atoms with Gasteiger partial charge in [0.1, 0.15) is 4.21 Å². The number of hydrogen-bond donors (Lipinski definition) is 1. The summed E-state index contributed by atoms with van der Waals surface area (Å²) in [6.07, 6.45) is 2.94. The average molecular weight is 379 g/mol. The van der Waals surface area contributed by atoms with Crippen molar-refractivity contribution >= 4 is 42.8 Å². The van der Waals surface area contributed by atoms with Crippen LogP contribution in [-0.4, -0.2) is 31.1 Å². The molecule has 9 heteroatoms. The number of nitro groups is 1. The molecule has 0 saturated carbocycles. The lowest BCUT2D eigenvalue weighted by Crippen LogP contribution is -2.21. The molecule has 0 spiro atoms. The second-order valence-electron chi connectivity index (χ2n) is 5.66. The zero-order valence-electron chi connectivity index (χ0n) is 13.7. The fraction of sp³-hybridized carbons (Fsp3) is 0.250. The minimum atomic E-state index is -3.50. The minimum absolute atomic E-state index is 0.00609. The number of sulfone groups is 1. The normalized spacial score (nSPS) is 11.8. The van der Waals surface area contributed by atoms with E-state index in [0.29, 0.717) is 18.1 Å². The Hall–Kier alpha value is -2.39. The van der Waals surface area contributed by atoms with Crippen molar-refractivity contribution in [2.24, 2.45) is 0 Å². The molecule has 1 N–H and O–H groups in total. The molecule has 2 heterocycles. The number of nitrogens with zero attached hydrogens (tertiary/aromatic N) is 2. The predicted octanol–water partition coefficient (Wildman–Crippen LogP) is 3.57. The number of anilines is 1. The van der Waals surface area contributed by atoms with Crippen molar-refractivity contribution in [2.45, 2.75) is 17.7 Å². The van der Waals surface area contributed by atoms with Crippen LogP contribution in [0.1, 0.15) is 12.5 Å².